The first kappa shape index (κ1) is 19.0. The Labute approximate surface area is 166 Å². The Bertz CT molecular complexity index is 1120. The average molecular weight is 420 g/mol. The highest BCUT2D eigenvalue weighted by Crippen LogP contribution is 2.48. The van der Waals surface area contributed by atoms with Crippen molar-refractivity contribution >= 4 is 21.8 Å². The molecule has 0 radical (unpaired) electrons. The van der Waals surface area contributed by atoms with Gasteiger partial charge in [0.05, 0.1) is 21.0 Å². The smallest absolute Gasteiger partial charge is 0.240 e. The number of halogens is 1. The first-order chi connectivity index (χ1) is 13.4. The van der Waals surface area contributed by atoms with Gasteiger partial charge in [-0.15, -0.1) is 0 Å². The quantitative estimate of drug-likeness (QED) is 0.479. The van der Waals surface area contributed by atoms with Crippen LogP contribution in [0.15, 0.2) is 63.7 Å². The van der Waals surface area contributed by atoms with Gasteiger partial charge in [-0.2, -0.15) is 0 Å². The monoisotopic (exact) mass is 419 g/mol. The minimum Gasteiger partial charge on any atom is -0.455 e. The fraction of sp³-hybridized carbons (Fsp3) is 0.211. The molecule has 3 aromatic rings. The van der Waals surface area contributed by atoms with Gasteiger partial charge in [0.2, 0.25) is 10.0 Å². The number of aryl methyl sites for hydroxylation is 2. The van der Waals surface area contributed by atoms with Crippen molar-refractivity contribution in [2.24, 2.45) is 0 Å². The largest absolute Gasteiger partial charge is 0.455 e. The lowest BCUT2D eigenvalue weighted by atomic mass is 10.2. The Hall–Kier alpha value is -2.36. The van der Waals surface area contributed by atoms with E-state index in [0.29, 0.717) is 46.4 Å². The highest BCUT2D eigenvalue weighted by molar-refractivity contribution is 7.99. The summed E-state index contributed by atoms with van der Waals surface area (Å²) in [6, 6.07) is 7.58. The number of hydrogen-bond donors (Lipinski definition) is 1. The molecule has 28 heavy (non-hydrogen) atoms. The van der Waals surface area contributed by atoms with Gasteiger partial charge in [0.25, 0.3) is 0 Å². The van der Waals surface area contributed by atoms with Crippen LogP contribution in [-0.4, -0.2) is 24.5 Å². The van der Waals surface area contributed by atoms with Gasteiger partial charge in [-0.3, -0.25) is 0 Å². The molecule has 0 aliphatic carbocycles. The number of imidazole rings is 1. The van der Waals surface area contributed by atoms with E-state index in [4.69, 9.17) is 4.74 Å². The van der Waals surface area contributed by atoms with Crippen LogP contribution in [0, 0.1) is 12.7 Å². The maximum atomic E-state index is 13.5. The van der Waals surface area contributed by atoms with Crippen LogP contribution >= 0.6 is 11.8 Å². The van der Waals surface area contributed by atoms with E-state index in [9.17, 15) is 12.8 Å². The van der Waals surface area contributed by atoms with Gasteiger partial charge in [0.1, 0.15) is 17.3 Å². The van der Waals surface area contributed by atoms with E-state index in [1.165, 1.54) is 23.9 Å². The van der Waals surface area contributed by atoms with E-state index in [2.05, 4.69) is 9.71 Å². The standard InChI is InChI=1S/C19H18FN3O3S2/c1-13-9-16-18(27-17-10-14(20)3-4-15(17)26-16)11-19(13)28(24,25)22-5-2-7-23-8-6-21-12-23/h3-4,6,8-12,22H,2,5,7H2,1H3. The SMILES string of the molecule is Cc1cc2c(cc1S(=O)(=O)NCCCn1ccnc1)Sc1cc(F)ccc1O2. The second kappa shape index (κ2) is 7.57. The molecule has 6 nitrogen and oxygen atoms in total. The summed E-state index contributed by atoms with van der Waals surface area (Å²) in [5.41, 5.74) is 0.590. The molecular formula is C19H18FN3O3S2. The Morgan fingerprint density at radius 1 is 1.21 bits per heavy atom. The summed E-state index contributed by atoms with van der Waals surface area (Å²) in [6.45, 7) is 2.72. The van der Waals surface area contributed by atoms with Crippen LogP contribution in [0.2, 0.25) is 0 Å². The second-order valence-electron chi connectivity index (χ2n) is 6.41. The fourth-order valence-electron chi connectivity index (χ4n) is 2.94. The normalized spacial score (nSPS) is 12.9. The zero-order valence-corrected chi connectivity index (χ0v) is 16.7. The number of nitrogens with zero attached hydrogens (tertiary/aromatic N) is 2. The molecule has 0 bridgehead atoms. The van der Waals surface area contributed by atoms with Crippen LogP contribution in [0.4, 0.5) is 4.39 Å². The van der Waals surface area contributed by atoms with E-state index in [0.717, 1.165) is 0 Å². The van der Waals surface area contributed by atoms with Crippen molar-refractivity contribution in [2.45, 2.75) is 34.6 Å². The first-order valence-electron chi connectivity index (χ1n) is 8.68. The van der Waals surface area contributed by atoms with E-state index in [1.54, 1.807) is 37.6 Å². The summed E-state index contributed by atoms with van der Waals surface area (Å²) < 4.78 is 49.4. The third kappa shape index (κ3) is 3.91. The van der Waals surface area contributed by atoms with Crippen molar-refractivity contribution in [3.8, 4) is 11.5 Å². The Balaban J connectivity index is 1.51. The molecule has 1 aliphatic rings. The zero-order valence-electron chi connectivity index (χ0n) is 15.1. The molecule has 1 aliphatic heterocycles. The Morgan fingerprint density at radius 2 is 2.04 bits per heavy atom. The predicted octanol–water partition coefficient (Wildman–Crippen LogP) is 3.96. The average Bonchev–Trinajstić information content (AvgIpc) is 3.17. The number of hydrogen-bond acceptors (Lipinski definition) is 5. The lowest BCUT2D eigenvalue weighted by Crippen LogP contribution is -2.26. The third-order valence-corrected chi connectivity index (χ3v) is 7.00. The van der Waals surface area contributed by atoms with Crippen LogP contribution in [0.3, 0.4) is 0 Å². The maximum Gasteiger partial charge on any atom is 0.240 e. The predicted molar refractivity (Wildman–Crippen MR) is 104 cm³/mol. The van der Waals surface area contributed by atoms with Gasteiger partial charge < -0.3 is 9.30 Å². The molecule has 0 atom stereocenters. The fourth-order valence-corrected chi connectivity index (χ4v) is 5.34. The van der Waals surface area contributed by atoms with Crippen LogP contribution < -0.4 is 9.46 Å². The van der Waals surface area contributed by atoms with Gasteiger partial charge in [0, 0.05) is 25.5 Å². The van der Waals surface area contributed by atoms with Gasteiger partial charge >= 0.3 is 0 Å². The molecule has 146 valence electrons. The number of ether oxygens (including phenoxy) is 1. The lowest BCUT2D eigenvalue weighted by Gasteiger charge is -2.21. The topological polar surface area (TPSA) is 73.2 Å². The Morgan fingerprint density at radius 3 is 2.82 bits per heavy atom. The molecule has 1 aromatic heterocycles. The summed E-state index contributed by atoms with van der Waals surface area (Å²) >= 11 is 1.29. The van der Waals surface area contributed by atoms with E-state index < -0.39 is 10.0 Å². The van der Waals surface area contributed by atoms with Gasteiger partial charge in [-0.05, 0) is 49.2 Å². The van der Waals surface area contributed by atoms with E-state index in [-0.39, 0.29) is 10.7 Å². The van der Waals surface area contributed by atoms with Gasteiger partial charge in [-0.25, -0.2) is 22.5 Å². The van der Waals surface area contributed by atoms with E-state index >= 15 is 0 Å². The lowest BCUT2D eigenvalue weighted by molar-refractivity contribution is 0.450. The summed E-state index contributed by atoms with van der Waals surface area (Å²) in [7, 11) is -3.67. The number of rotatable bonds is 6. The highest BCUT2D eigenvalue weighted by Gasteiger charge is 2.24. The molecule has 2 aromatic carbocycles. The first-order valence-corrected chi connectivity index (χ1v) is 11.0. The molecule has 4 rings (SSSR count). The van der Waals surface area contributed by atoms with E-state index in [1.807, 2.05) is 10.8 Å². The van der Waals surface area contributed by atoms with Crippen molar-refractivity contribution in [3.05, 3.63) is 60.4 Å². The summed E-state index contributed by atoms with van der Waals surface area (Å²) in [5, 5.41) is 0. The van der Waals surface area contributed by atoms with Gasteiger partial charge in [0.15, 0.2) is 0 Å². The van der Waals surface area contributed by atoms with Crippen molar-refractivity contribution in [3.63, 3.8) is 0 Å². The molecule has 1 N–H and O–H groups in total. The minimum atomic E-state index is -3.67. The van der Waals surface area contributed by atoms with Crippen molar-refractivity contribution in [1.29, 1.82) is 0 Å². The zero-order chi connectivity index (χ0) is 19.7. The number of fused-ring (bicyclic) bond motifs is 2. The van der Waals surface area contributed by atoms with Crippen LogP contribution in [0.5, 0.6) is 11.5 Å². The van der Waals surface area contributed by atoms with Crippen molar-refractivity contribution < 1.29 is 17.5 Å². The molecule has 0 saturated carbocycles. The molecule has 0 amide bonds. The third-order valence-electron chi connectivity index (χ3n) is 4.32. The van der Waals surface area contributed by atoms with Crippen LogP contribution in [0.1, 0.15) is 12.0 Å². The van der Waals surface area contributed by atoms with Crippen LogP contribution in [-0.2, 0) is 16.6 Å². The number of sulfonamides is 1. The summed E-state index contributed by atoms with van der Waals surface area (Å²) in [4.78, 5) is 5.42. The number of nitrogens with one attached hydrogen (secondary N) is 1. The molecule has 0 spiro atoms. The molecular weight excluding hydrogens is 401 g/mol. The molecule has 0 fully saturated rings. The molecule has 0 saturated heterocycles. The summed E-state index contributed by atoms with van der Waals surface area (Å²) in [6.07, 6.45) is 5.86. The van der Waals surface area contributed by atoms with Gasteiger partial charge in [-0.1, -0.05) is 11.8 Å². The number of benzene rings is 2. The summed E-state index contributed by atoms with van der Waals surface area (Å²) in [5.74, 6) is 0.769. The van der Waals surface area contributed by atoms with Crippen molar-refractivity contribution in [1.82, 2.24) is 14.3 Å². The molecule has 2 heterocycles. The Kier molecular flexibility index (Phi) is 5.13. The number of aromatic nitrogens is 2. The van der Waals surface area contributed by atoms with Crippen molar-refractivity contribution in [2.75, 3.05) is 6.54 Å². The molecule has 9 heteroatoms. The maximum absolute atomic E-state index is 13.5. The second-order valence-corrected chi connectivity index (χ2v) is 9.23. The van der Waals surface area contributed by atoms with Crippen LogP contribution in [0.25, 0.3) is 0 Å². The minimum absolute atomic E-state index is 0.199. The molecule has 0 unspecified atom stereocenters. The highest BCUT2D eigenvalue weighted by atomic mass is 32.2.